The summed E-state index contributed by atoms with van der Waals surface area (Å²) in [7, 11) is 1.64. The molecule has 3 rings (SSSR count). The number of nitrogens with zero attached hydrogens (tertiary/aromatic N) is 1. The molecular formula is C18H21N3O2S. The van der Waals surface area contributed by atoms with Gasteiger partial charge in [0.2, 0.25) is 5.91 Å². The van der Waals surface area contributed by atoms with Crippen LogP contribution in [0.4, 0.5) is 10.5 Å². The fraction of sp³-hybridized carbons (Fsp3) is 0.333. The van der Waals surface area contributed by atoms with Gasteiger partial charge in [0.1, 0.15) is 0 Å². The van der Waals surface area contributed by atoms with Crippen LogP contribution >= 0.6 is 11.3 Å². The predicted octanol–water partition coefficient (Wildman–Crippen LogP) is 3.41. The molecule has 1 saturated heterocycles. The minimum absolute atomic E-state index is 0.00601. The molecule has 6 heteroatoms. The van der Waals surface area contributed by atoms with Crippen molar-refractivity contribution in [1.29, 1.82) is 0 Å². The molecule has 1 aliphatic rings. The van der Waals surface area contributed by atoms with Crippen molar-refractivity contribution in [2.24, 2.45) is 5.92 Å². The zero-order valence-electron chi connectivity index (χ0n) is 13.6. The van der Waals surface area contributed by atoms with E-state index in [0.717, 1.165) is 29.0 Å². The summed E-state index contributed by atoms with van der Waals surface area (Å²) in [6, 6.07) is 11.7. The highest BCUT2D eigenvalue weighted by molar-refractivity contribution is 7.13. The first-order valence-corrected chi connectivity index (χ1v) is 8.97. The smallest absolute Gasteiger partial charge is 0.321 e. The van der Waals surface area contributed by atoms with Gasteiger partial charge >= 0.3 is 6.03 Å². The maximum Gasteiger partial charge on any atom is 0.321 e. The Hall–Kier alpha value is -2.34. The van der Waals surface area contributed by atoms with Gasteiger partial charge in [-0.15, -0.1) is 11.3 Å². The van der Waals surface area contributed by atoms with Crippen LogP contribution in [-0.4, -0.2) is 37.0 Å². The number of nitrogens with one attached hydrogen (secondary N) is 2. The van der Waals surface area contributed by atoms with Gasteiger partial charge in [0, 0.05) is 30.6 Å². The fourth-order valence-electron chi connectivity index (χ4n) is 3.01. The zero-order chi connectivity index (χ0) is 16.9. The van der Waals surface area contributed by atoms with Gasteiger partial charge in [-0.25, -0.2) is 4.79 Å². The van der Waals surface area contributed by atoms with Crippen LogP contribution in [0.1, 0.15) is 12.8 Å². The van der Waals surface area contributed by atoms with Crippen LogP contribution in [0.5, 0.6) is 0 Å². The van der Waals surface area contributed by atoms with Gasteiger partial charge in [0.25, 0.3) is 0 Å². The summed E-state index contributed by atoms with van der Waals surface area (Å²) in [5, 5.41) is 7.70. The lowest BCUT2D eigenvalue weighted by molar-refractivity contribution is -0.125. The van der Waals surface area contributed by atoms with Crippen LogP contribution in [0.2, 0.25) is 0 Å². The van der Waals surface area contributed by atoms with Gasteiger partial charge in [-0.3, -0.25) is 4.79 Å². The Kier molecular flexibility index (Phi) is 5.15. The molecule has 0 aliphatic carbocycles. The summed E-state index contributed by atoms with van der Waals surface area (Å²) in [5.41, 5.74) is 1.81. The Balaban J connectivity index is 1.72. The average molecular weight is 343 g/mol. The number of amides is 3. The van der Waals surface area contributed by atoms with E-state index in [1.807, 2.05) is 41.8 Å². The molecule has 0 bridgehead atoms. The average Bonchev–Trinajstić information content (AvgIpc) is 3.16. The third kappa shape index (κ3) is 3.59. The molecule has 0 saturated carbocycles. The van der Waals surface area contributed by atoms with Crippen molar-refractivity contribution in [3.63, 3.8) is 0 Å². The van der Waals surface area contributed by atoms with Crippen molar-refractivity contribution in [2.45, 2.75) is 12.8 Å². The van der Waals surface area contributed by atoms with Crippen molar-refractivity contribution in [1.82, 2.24) is 10.2 Å². The van der Waals surface area contributed by atoms with E-state index in [4.69, 9.17) is 0 Å². The van der Waals surface area contributed by atoms with Crippen molar-refractivity contribution in [3.05, 3.63) is 41.8 Å². The number of anilines is 1. The van der Waals surface area contributed by atoms with Gasteiger partial charge in [-0.1, -0.05) is 24.3 Å². The number of para-hydroxylation sites is 1. The number of thiophene rings is 1. The first-order valence-electron chi connectivity index (χ1n) is 8.09. The number of carbonyl (C=O) groups excluding carboxylic acids is 2. The molecule has 2 aromatic rings. The highest BCUT2D eigenvalue weighted by Gasteiger charge is 2.28. The number of hydrogen-bond acceptors (Lipinski definition) is 3. The van der Waals surface area contributed by atoms with E-state index in [-0.39, 0.29) is 17.9 Å². The van der Waals surface area contributed by atoms with E-state index in [2.05, 4.69) is 10.6 Å². The quantitative estimate of drug-likeness (QED) is 0.897. The lowest BCUT2D eigenvalue weighted by Gasteiger charge is -2.32. The van der Waals surface area contributed by atoms with E-state index in [1.54, 1.807) is 23.3 Å². The van der Waals surface area contributed by atoms with Crippen molar-refractivity contribution in [2.75, 3.05) is 25.5 Å². The Morgan fingerprint density at radius 1 is 1.21 bits per heavy atom. The molecule has 1 atom stereocenters. The lowest BCUT2D eigenvalue weighted by Crippen LogP contribution is -2.46. The molecule has 1 fully saturated rings. The molecule has 5 nitrogen and oxygen atoms in total. The van der Waals surface area contributed by atoms with E-state index in [0.29, 0.717) is 13.1 Å². The van der Waals surface area contributed by atoms with E-state index >= 15 is 0 Å². The summed E-state index contributed by atoms with van der Waals surface area (Å²) in [4.78, 5) is 27.3. The van der Waals surface area contributed by atoms with Crippen LogP contribution in [0.15, 0.2) is 41.8 Å². The molecule has 0 spiro atoms. The second kappa shape index (κ2) is 7.49. The standard InChI is InChI=1S/C18H21N3O2S/c1-19-17(22)13-6-4-10-21(12-13)18(23)20-15-8-3-2-7-14(15)16-9-5-11-24-16/h2-3,5,7-9,11,13H,4,6,10,12H2,1H3,(H,19,22)(H,20,23)/t13-/m0/s1. The summed E-state index contributed by atoms with van der Waals surface area (Å²) in [6.45, 7) is 1.15. The SMILES string of the molecule is CNC(=O)[C@H]1CCCN(C(=O)Nc2ccccc2-c2cccs2)C1. The van der Waals surface area contributed by atoms with Crippen molar-refractivity contribution in [3.8, 4) is 10.4 Å². The highest BCUT2D eigenvalue weighted by Crippen LogP contribution is 2.31. The van der Waals surface area contributed by atoms with Crippen LogP contribution in [-0.2, 0) is 4.79 Å². The van der Waals surface area contributed by atoms with E-state index in [9.17, 15) is 9.59 Å². The van der Waals surface area contributed by atoms with Gasteiger partial charge in [0.15, 0.2) is 0 Å². The fourth-order valence-corrected chi connectivity index (χ4v) is 3.78. The molecule has 0 unspecified atom stereocenters. The van der Waals surface area contributed by atoms with Crippen molar-refractivity contribution < 1.29 is 9.59 Å². The Morgan fingerprint density at radius 2 is 2.04 bits per heavy atom. The van der Waals surface area contributed by atoms with Gasteiger partial charge in [-0.05, 0) is 30.4 Å². The summed E-state index contributed by atoms with van der Waals surface area (Å²) >= 11 is 1.64. The minimum atomic E-state index is -0.146. The number of likely N-dealkylation sites (tertiary alicyclic amines) is 1. The van der Waals surface area contributed by atoms with E-state index < -0.39 is 0 Å². The largest absolute Gasteiger partial charge is 0.359 e. The number of piperidine rings is 1. The second-order valence-corrected chi connectivity index (χ2v) is 6.80. The third-order valence-electron chi connectivity index (χ3n) is 4.28. The minimum Gasteiger partial charge on any atom is -0.359 e. The molecule has 2 heterocycles. The highest BCUT2D eigenvalue weighted by atomic mass is 32.1. The van der Waals surface area contributed by atoms with Gasteiger partial charge in [0.05, 0.1) is 11.6 Å². The molecular weight excluding hydrogens is 322 g/mol. The molecule has 126 valence electrons. The molecule has 1 aromatic heterocycles. The second-order valence-electron chi connectivity index (χ2n) is 5.85. The number of urea groups is 1. The number of hydrogen-bond donors (Lipinski definition) is 2. The molecule has 2 N–H and O–H groups in total. The molecule has 0 radical (unpaired) electrons. The van der Waals surface area contributed by atoms with Crippen LogP contribution in [0.25, 0.3) is 10.4 Å². The topological polar surface area (TPSA) is 61.4 Å². The maximum absolute atomic E-state index is 12.6. The van der Waals surface area contributed by atoms with Crippen LogP contribution < -0.4 is 10.6 Å². The summed E-state index contributed by atoms with van der Waals surface area (Å²) < 4.78 is 0. The van der Waals surface area contributed by atoms with Crippen LogP contribution in [0, 0.1) is 5.92 Å². The number of rotatable bonds is 3. The van der Waals surface area contributed by atoms with Crippen LogP contribution in [0.3, 0.4) is 0 Å². The maximum atomic E-state index is 12.6. The normalized spacial score (nSPS) is 17.4. The predicted molar refractivity (Wildman–Crippen MR) is 97.1 cm³/mol. The number of carbonyl (C=O) groups is 2. The lowest BCUT2D eigenvalue weighted by atomic mass is 9.97. The van der Waals surface area contributed by atoms with E-state index in [1.165, 1.54) is 0 Å². The molecule has 1 aromatic carbocycles. The molecule has 24 heavy (non-hydrogen) atoms. The Bertz CT molecular complexity index is 715. The number of benzene rings is 1. The first kappa shape index (κ1) is 16.5. The summed E-state index contributed by atoms with van der Waals surface area (Å²) in [5.74, 6) is -0.117. The third-order valence-corrected chi connectivity index (χ3v) is 5.18. The monoisotopic (exact) mass is 343 g/mol. The Labute approximate surface area is 145 Å². The zero-order valence-corrected chi connectivity index (χ0v) is 14.4. The molecule has 3 amide bonds. The first-order chi connectivity index (χ1) is 11.7. The summed E-state index contributed by atoms with van der Waals surface area (Å²) in [6.07, 6.45) is 1.67. The van der Waals surface area contributed by atoms with Gasteiger partial charge in [-0.2, -0.15) is 0 Å². The van der Waals surface area contributed by atoms with Crippen molar-refractivity contribution >= 4 is 29.0 Å². The molecule has 1 aliphatic heterocycles. The Morgan fingerprint density at radius 3 is 2.79 bits per heavy atom. The van der Waals surface area contributed by atoms with Gasteiger partial charge < -0.3 is 15.5 Å².